The van der Waals surface area contributed by atoms with Crippen molar-refractivity contribution in [1.82, 2.24) is 5.32 Å². The highest BCUT2D eigenvalue weighted by atomic mass is 79.9. The van der Waals surface area contributed by atoms with Gasteiger partial charge in [-0.15, -0.1) is 0 Å². The SMILES string of the molecule is CC(NC(=O)Cc1cc(Cl)c2c(c1)OCCO2)c1ccccc1Br. The molecule has 4 nitrogen and oxygen atoms in total. The topological polar surface area (TPSA) is 47.6 Å². The van der Waals surface area contributed by atoms with Crippen LogP contribution >= 0.6 is 27.5 Å². The largest absolute Gasteiger partial charge is 0.486 e. The highest BCUT2D eigenvalue weighted by molar-refractivity contribution is 9.10. The lowest BCUT2D eigenvalue weighted by Gasteiger charge is -2.20. The molecular weight excluding hydrogens is 394 g/mol. The van der Waals surface area contributed by atoms with E-state index >= 15 is 0 Å². The third-order valence-electron chi connectivity index (χ3n) is 3.77. The Morgan fingerprint density at radius 2 is 2.04 bits per heavy atom. The monoisotopic (exact) mass is 409 g/mol. The fourth-order valence-corrected chi connectivity index (χ4v) is 3.56. The molecule has 0 saturated carbocycles. The van der Waals surface area contributed by atoms with Crippen LogP contribution in [0, 0.1) is 0 Å². The summed E-state index contributed by atoms with van der Waals surface area (Å²) in [6.07, 6.45) is 0.227. The molecule has 1 amide bonds. The first-order valence-corrected chi connectivity index (χ1v) is 8.83. The number of ether oxygens (including phenoxy) is 2. The Kier molecular flexibility index (Phi) is 5.31. The summed E-state index contributed by atoms with van der Waals surface area (Å²) < 4.78 is 12.0. The standard InChI is InChI=1S/C18H17BrClNO3/c1-11(13-4-2-3-5-14(13)19)21-17(22)10-12-8-15(20)18-16(9-12)23-6-7-24-18/h2-5,8-9,11H,6-7,10H2,1H3,(H,21,22). The van der Waals surface area contributed by atoms with Gasteiger partial charge in [-0.2, -0.15) is 0 Å². The van der Waals surface area contributed by atoms with Crippen LogP contribution in [0.25, 0.3) is 0 Å². The fraction of sp³-hybridized carbons (Fsp3) is 0.278. The maximum absolute atomic E-state index is 12.3. The van der Waals surface area contributed by atoms with E-state index in [1.165, 1.54) is 0 Å². The van der Waals surface area contributed by atoms with Crippen molar-refractivity contribution in [3.8, 4) is 11.5 Å². The van der Waals surface area contributed by atoms with Crippen molar-refractivity contribution < 1.29 is 14.3 Å². The van der Waals surface area contributed by atoms with E-state index in [1.54, 1.807) is 6.07 Å². The lowest BCUT2D eigenvalue weighted by molar-refractivity contribution is -0.121. The van der Waals surface area contributed by atoms with Gasteiger partial charge in [-0.1, -0.05) is 45.7 Å². The number of carbonyl (C=O) groups is 1. The van der Waals surface area contributed by atoms with E-state index in [2.05, 4.69) is 21.2 Å². The fourth-order valence-electron chi connectivity index (χ4n) is 2.65. The summed E-state index contributed by atoms with van der Waals surface area (Å²) in [4.78, 5) is 12.3. The molecule has 0 aromatic heterocycles. The Bertz CT molecular complexity index is 766. The number of carbonyl (C=O) groups excluding carboxylic acids is 1. The first-order valence-electron chi connectivity index (χ1n) is 7.66. The molecule has 1 unspecified atom stereocenters. The number of rotatable bonds is 4. The normalized spacial score (nSPS) is 14.1. The molecule has 3 rings (SSSR count). The van der Waals surface area contributed by atoms with Gasteiger partial charge in [0.1, 0.15) is 13.2 Å². The van der Waals surface area contributed by atoms with Gasteiger partial charge in [-0.25, -0.2) is 0 Å². The van der Waals surface area contributed by atoms with Crippen LogP contribution in [0.2, 0.25) is 5.02 Å². The van der Waals surface area contributed by atoms with Crippen LogP contribution in [-0.4, -0.2) is 19.1 Å². The Morgan fingerprint density at radius 3 is 2.83 bits per heavy atom. The maximum Gasteiger partial charge on any atom is 0.224 e. The van der Waals surface area contributed by atoms with E-state index < -0.39 is 0 Å². The Hall–Kier alpha value is -1.72. The maximum atomic E-state index is 12.3. The number of nitrogens with one attached hydrogen (secondary N) is 1. The third-order valence-corrected chi connectivity index (χ3v) is 4.77. The molecule has 0 saturated heterocycles. The quantitative estimate of drug-likeness (QED) is 0.818. The highest BCUT2D eigenvalue weighted by Gasteiger charge is 2.18. The Morgan fingerprint density at radius 1 is 1.29 bits per heavy atom. The van der Waals surface area contributed by atoms with E-state index in [0.717, 1.165) is 15.6 Å². The zero-order chi connectivity index (χ0) is 17.1. The minimum Gasteiger partial charge on any atom is -0.486 e. The molecule has 0 spiro atoms. The van der Waals surface area contributed by atoms with Crippen LogP contribution in [0.1, 0.15) is 24.1 Å². The summed E-state index contributed by atoms with van der Waals surface area (Å²) in [5, 5.41) is 3.47. The second-order valence-electron chi connectivity index (χ2n) is 5.59. The van der Waals surface area contributed by atoms with Gasteiger partial charge >= 0.3 is 0 Å². The summed E-state index contributed by atoms with van der Waals surface area (Å²) in [5.74, 6) is 1.06. The molecule has 0 bridgehead atoms. The summed E-state index contributed by atoms with van der Waals surface area (Å²) in [7, 11) is 0. The molecule has 2 aromatic carbocycles. The van der Waals surface area contributed by atoms with E-state index in [0.29, 0.717) is 29.7 Å². The molecule has 0 fully saturated rings. The van der Waals surface area contributed by atoms with Gasteiger partial charge in [-0.3, -0.25) is 4.79 Å². The number of amides is 1. The average Bonchev–Trinajstić information content (AvgIpc) is 2.55. The predicted molar refractivity (Wildman–Crippen MR) is 96.8 cm³/mol. The van der Waals surface area contributed by atoms with Gasteiger partial charge in [0.05, 0.1) is 17.5 Å². The van der Waals surface area contributed by atoms with Crippen molar-refractivity contribution in [2.45, 2.75) is 19.4 Å². The van der Waals surface area contributed by atoms with Gasteiger partial charge in [0.25, 0.3) is 0 Å². The van der Waals surface area contributed by atoms with E-state index in [1.807, 2.05) is 37.3 Å². The molecule has 1 heterocycles. The van der Waals surface area contributed by atoms with Crippen molar-refractivity contribution in [3.05, 3.63) is 57.0 Å². The highest BCUT2D eigenvalue weighted by Crippen LogP contribution is 2.38. The molecule has 1 atom stereocenters. The van der Waals surface area contributed by atoms with E-state index in [-0.39, 0.29) is 18.4 Å². The molecule has 126 valence electrons. The molecule has 1 aliphatic heterocycles. The second-order valence-corrected chi connectivity index (χ2v) is 6.85. The molecule has 1 N–H and O–H groups in total. The number of halogens is 2. The minimum absolute atomic E-state index is 0.0778. The van der Waals surface area contributed by atoms with E-state index in [9.17, 15) is 4.79 Å². The number of hydrogen-bond acceptors (Lipinski definition) is 3. The molecule has 0 radical (unpaired) electrons. The van der Waals surface area contributed by atoms with Crippen molar-refractivity contribution in [3.63, 3.8) is 0 Å². The second kappa shape index (κ2) is 7.45. The van der Waals surface area contributed by atoms with Gasteiger partial charge in [-0.05, 0) is 36.2 Å². The zero-order valence-electron chi connectivity index (χ0n) is 13.1. The zero-order valence-corrected chi connectivity index (χ0v) is 15.5. The van der Waals surface area contributed by atoms with Gasteiger partial charge in [0, 0.05) is 4.47 Å². The minimum atomic E-state index is -0.0965. The summed E-state index contributed by atoms with van der Waals surface area (Å²) in [6.45, 7) is 2.92. The smallest absolute Gasteiger partial charge is 0.224 e. The van der Waals surface area contributed by atoms with Crippen LogP contribution in [0.3, 0.4) is 0 Å². The third kappa shape index (κ3) is 3.84. The Labute approximate surface area is 154 Å². The summed E-state index contributed by atoms with van der Waals surface area (Å²) in [6, 6.07) is 11.3. The van der Waals surface area contributed by atoms with Gasteiger partial charge in [0.15, 0.2) is 11.5 Å². The van der Waals surface area contributed by atoms with Crippen molar-refractivity contribution in [2.75, 3.05) is 13.2 Å². The van der Waals surface area contributed by atoms with Crippen LogP contribution in [0.4, 0.5) is 0 Å². The van der Waals surface area contributed by atoms with Gasteiger partial charge < -0.3 is 14.8 Å². The van der Waals surface area contributed by atoms with Crippen LogP contribution < -0.4 is 14.8 Å². The van der Waals surface area contributed by atoms with E-state index in [4.69, 9.17) is 21.1 Å². The number of fused-ring (bicyclic) bond motifs is 1. The van der Waals surface area contributed by atoms with Crippen molar-refractivity contribution >= 4 is 33.4 Å². The van der Waals surface area contributed by atoms with Crippen molar-refractivity contribution in [1.29, 1.82) is 0 Å². The molecule has 0 aliphatic carbocycles. The van der Waals surface area contributed by atoms with Gasteiger partial charge in [0.2, 0.25) is 5.91 Å². The summed E-state index contributed by atoms with van der Waals surface area (Å²) >= 11 is 9.72. The van der Waals surface area contributed by atoms with Crippen LogP contribution in [0.15, 0.2) is 40.9 Å². The number of benzene rings is 2. The number of hydrogen-bond donors (Lipinski definition) is 1. The molecule has 2 aromatic rings. The first kappa shape index (κ1) is 17.1. The Balaban J connectivity index is 1.69. The summed E-state index contributed by atoms with van der Waals surface area (Å²) in [5.41, 5.74) is 1.83. The van der Waals surface area contributed by atoms with Crippen LogP contribution in [0.5, 0.6) is 11.5 Å². The molecule has 24 heavy (non-hydrogen) atoms. The first-order chi connectivity index (χ1) is 11.5. The average molecular weight is 411 g/mol. The molecule has 6 heteroatoms. The lowest BCUT2D eigenvalue weighted by atomic mass is 10.1. The lowest BCUT2D eigenvalue weighted by Crippen LogP contribution is -2.28. The van der Waals surface area contributed by atoms with Crippen LogP contribution in [-0.2, 0) is 11.2 Å². The predicted octanol–water partition coefficient (Wildman–Crippen LogP) is 4.29. The molecule has 1 aliphatic rings. The van der Waals surface area contributed by atoms with Crippen molar-refractivity contribution in [2.24, 2.45) is 0 Å². The molecular formula is C18H17BrClNO3.